The zero-order valence-corrected chi connectivity index (χ0v) is 21.5. The van der Waals surface area contributed by atoms with Gasteiger partial charge in [0, 0.05) is 19.4 Å². The van der Waals surface area contributed by atoms with Gasteiger partial charge in [-0.3, -0.25) is 34.2 Å². The summed E-state index contributed by atoms with van der Waals surface area (Å²) in [6.07, 6.45) is 2.69. The molecular weight excluding hydrogens is 470 g/mol. The van der Waals surface area contributed by atoms with E-state index in [0.717, 1.165) is 17.7 Å². The molecule has 1 aromatic rings. The minimum atomic E-state index is -1.51. The summed E-state index contributed by atoms with van der Waals surface area (Å²) in [5.74, 6) is -2.62. The zero-order chi connectivity index (χ0) is 25.6. The van der Waals surface area contributed by atoms with Crippen LogP contribution in [0.1, 0.15) is 59.2 Å². The maximum Gasteiger partial charge on any atom is 0.264 e. The highest BCUT2D eigenvalue weighted by Gasteiger charge is 2.45. The lowest BCUT2D eigenvalue weighted by Crippen LogP contribution is -2.54. The second-order valence-corrected chi connectivity index (χ2v) is 14.1. The molecule has 190 valence electrons. The number of piperidine rings is 1. The van der Waals surface area contributed by atoms with E-state index in [1.165, 1.54) is 6.07 Å². The Hall–Kier alpha value is -2.89. The van der Waals surface area contributed by atoms with E-state index in [1.54, 1.807) is 12.1 Å². The summed E-state index contributed by atoms with van der Waals surface area (Å²) in [7, 11) is -1.51. The third-order valence-corrected chi connectivity index (χ3v) is 6.77. The first kappa shape index (κ1) is 26.7. The van der Waals surface area contributed by atoms with Crippen molar-refractivity contribution in [2.45, 2.75) is 64.2 Å². The summed E-state index contributed by atoms with van der Waals surface area (Å²) in [6, 6.07) is 3.59. The lowest BCUT2D eigenvalue weighted by atomic mass is 10.0. The van der Waals surface area contributed by atoms with Crippen LogP contribution in [-0.4, -0.2) is 68.6 Å². The molecule has 0 spiro atoms. The molecule has 1 atom stereocenters. The Labute approximate surface area is 205 Å². The molecule has 11 heteroatoms. The topological polar surface area (TPSA) is 131 Å². The Balaban J connectivity index is 1.47. The van der Waals surface area contributed by atoms with Gasteiger partial charge in [0.1, 0.15) is 6.04 Å². The first-order chi connectivity index (χ1) is 16.6. The van der Waals surface area contributed by atoms with Crippen molar-refractivity contribution in [2.24, 2.45) is 0 Å². The van der Waals surface area contributed by atoms with Crippen LogP contribution in [0.4, 0.5) is 5.69 Å². The second kappa shape index (κ2) is 11.7. The molecule has 1 fully saturated rings. The number of rotatable bonds is 12. The third kappa shape index (κ3) is 7.06. The molecular formula is C24H33N3O7Si. The van der Waals surface area contributed by atoms with Crippen molar-refractivity contribution in [1.82, 2.24) is 10.2 Å². The minimum absolute atomic E-state index is 0.0463. The number of hydrogen-bond acceptors (Lipinski definition) is 7. The van der Waals surface area contributed by atoms with Crippen molar-refractivity contribution in [1.29, 1.82) is 0 Å². The summed E-state index contributed by atoms with van der Waals surface area (Å²) >= 11 is 0. The second-order valence-electron chi connectivity index (χ2n) is 9.61. The number of nitrogens with zero attached hydrogens (tertiary/aromatic N) is 1. The Morgan fingerprint density at radius 2 is 1.83 bits per heavy atom. The molecule has 35 heavy (non-hydrogen) atoms. The first-order valence-corrected chi connectivity index (χ1v) is 15.4. The molecule has 1 saturated heterocycles. The number of carbonyl (C=O) groups excluding carboxylic acids is 5. The van der Waals surface area contributed by atoms with Crippen molar-refractivity contribution in [3.63, 3.8) is 0 Å². The lowest BCUT2D eigenvalue weighted by Gasteiger charge is -2.27. The van der Waals surface area contributed by atoms with Crippen LogP contribution in [0.15, 0.2) is 18.2 Å². The van der Waals surface area contributed by atoms with Crippen LogP contribution in [0.25, 0.3) is 0 Å². The van der Waals surface area contributed by atoms with Crippen molar-refractivity contribution in [3.8, 4) is 0 Å². The molecule has 0 bridgehead atoms. The Kier molecular flexibility index (Phi) is 8.92. The monoisotopic (exact) mass is 503 g/mol. The summed E-state index contributed by atoms with van der Waals surface area (Å²) in [4.78, 5) is 62.9. The van der Waals surface area contributed by atoms with Gasteiger partial charge in [-0.15, -0.1) is 0 Å². The Bertz CT molecular complexity index is 1010. The highest BCUT2D eigenvalue weighted by molar-refractivity contribution is 6.69. The highest BCUT2D eigenvalue weighted by Crippen LogP contribution is 2.32. The van der Waals surface area contributed by atoms with E-state index >= 15 is 0 Å². The molecule has 5 amide bonds. The highest BCUT2D eigenvalue weighted by atomic mass is 28.4. The summed E-state index contributed by atoms with van der Waals surface area (Å²) in [5, 5.41) is 4.90. The predicted molar refractivity (Wildman–Crippen MR) is 130 cm³/mol. The van der Waals surface area contributed by atoms with Gasteiger partial charge < -0.3 is 14.5 Å². The molecule has 2 N–H and O–H groups in total. The van der Waals surface area contributed by atoms with Crippen LogP contribution >= 0.6 is 0 Å². The summed E-state index contributed by atoms with van der Waals surface area (Å²) in [6.45, 7) is 8.15. The Morgan fingerprint density at radius 1 is 1.06 bits per heavy atom. The van der Waals surface area contributed by atoms with E-state index in [-0.39, 0.29) is 42.0 Å². The number of benzene rings is 1. The molecule has 0 aromatic heterocycles. The zero-order valence-electron chi connectivity index (χ0n) is 20.5. The van der Waals surface area contributed by atoms with Gasteiger partial charge in [-0.05, 0) is 51.0 Å². The molecule has 0 saturated carbocycles. The maximum atomic E-state index is 13.1. The molecule has 3 rings (SSSR count). The molecule has 0 aliphatic carbocycles. The largest absolute Gasteiger partial charge is 0.415 e. The van der Waals surface area contributed by atoms with E-state index in [2.05, 4.69) is 30.3 Å². The van der Waals surface area contributed by atoms with Gasteiger partial charge in [0.2, 0.25) is 17.7 Å². The molecule has 1 unspecified atom stereocenters. The fourth-order valence-electron chi connectivity index (χ4n) is 4.01. The average molecular weight is 504 g/mol. The Morgan fingerprint density at radius 3 is 2.54 bits per heavy atom. The van der Waals surface area contributed by atoms with Crippen molar-refractivity contribution >= 4 is 43.5 Å². The molecule has 1 aromatic carbocycles. The van der Waals surface area contributed by atoms with Gasteiger partial charge in [-0.2, -0.15) is 0 Å². The smallest absolute Gasteiger partial charge is 0.264 e. The fourth-order valence-corrected chi connectivity index (χ4v) is 4.70. The van der Waals surface area contributed by atoms with E-state index in [4.69, 9.17) is 9.16 Å². The number of carbonyl (C=O) groups is 5. The van der Waals surface area contributed by atoms with Gasteiger partial charge in [-0.25, -0.2) is 0 Å². The standard InChI is InChI=1S/C24H33N3O7Si/c1-35(2,3)34-15-14-33-13-6-4-5-10-19(28)25-17-9-7-8-16-21(17)24(32)27(23(16)31)18-11-12-20(29)26-22(18)30/h7-9,18H,4-6,10-15H2,1-3H3,(H,25,28)(H,26,29,30). The maximum absolute atomic E-state index is 13.1. The van der Waals surface area contributed by atoms with Gasteiger partial charge in [-0.1, -0.05) is 12.5 Å². The predicted octanol–water partition coefficient (Wildman–Crippen LogP) is 2.45. The van der Waals surface area contributed by atoms with Gasteiger partial charge in [0.25, 0.3) is 11.8 Å². The molecule has 10 nitrogen and oxygen atoms in total. The van der Waals surface area contributed by atoms with E-state index in [1.807, 2.05) is 0 Å². The van der Waals surface area contributed by atoms with E-state index in [0.29, 0.717) is 26.2 Å². The first-order valence-electron chi connectivity index (χ1n) is 11.9. The van der Waals surface area contributed by atoms with Crippen molar-refractivity contribution in [2.75, 3.05) is 25.1 Å². The molecule has 0 radical (unpaired) electrons. The fraction of sp³-hybridized carbons (Fsp3) is 0.542. The van der Waals surface area contributed by atoms with Crippen molar-refractivity contribution in [3.05, 3.63) is 29.3 Å². The van der Waals surface area contributed by atoms with Crippen LogP contribution in [-0.2, 0) is 23.5 Å². The lowest BCUT2D eigenvalue weighted by molar-refractivity contribution is -0.136. The third-order valence-electron chi connectivity index (χ3n) is 5.70. The van der Waals surface area contributed by atoms with E-state index < -0.39 is 38.0 Å². The number of ether oxygens (including phenoxy) is 1. The van der Waals surface area contributed by atoms with Gasteiger partial charge in [0.15, 0.2) is 8.32 Å². The number of anilines is 1. The minimum Gasteiger partial charge on any atom is -0.415 e. The SMILES string of the molecule is C[Si](C)(C)OCCOCCCCCC(=O)Nc1cccc2c1C(=O)N(C1CCC(=O)NC1=O)C2=O. The normalized spacial score (nSPS) is 18.0. The van der Waals surface area contributed by atoms with Crippen LogP contribution in [0.5, 0.6) is 0 Å². The summed E-state index contributed by atoms with van der Waals surface area (Å²) in [5.41, 5.74) is 0.448. The molecule has 2 heterocycles. The average Bonchev–Trinajstić information content (AvgIpc) is 3.03. The molecule has 2 aliphatic rings. The number of imide groups is 2. The number of nitrogens with one attached hydrogen (secondary N) is 2. The molecule has 2 aliphatic heterocycles. The van der Waals surface area contributed by atoms with Crippen LogP contribution < -0.4 is 10.6 Å². The van der Waals surface area contributed by atoms with E-state index in [9.17, 15) is 24.0 Å². The summed E-state index contributed by atoms with van der Waals surface area (Å²) < 4.78 is 11.3. The van der Waals surface area contributed by atoms with Crippen LogP contribution in [0.2, 0.25) is 19.6 Å². The number of fused-ring (bicyclic) bond motifs is 1. The number of unbranched alkanes of at least 4 members (excludes halogenated alkanes) is 2. The van der Waals surface area contributed by atoms with Gasteiger partial charge >= 0.3 is 0 Å². The number of hydrogen-bond donors (Lipinski definition) is 2. The van der Waals surface area contributed by atoms with Crippen LogP contribution in [0, 0.1) is 0 Å². The van der Waals surface area contributed by atoms with Crippen molar-refractivity contribution < 1.29 is 33.1 Å². The number of amides is 5. The van der Waals surface area contributed by atoms with Gasteiger partial charge in [0.05, 0.1) is 30.0 Å². The quantitative estimate of drug-likeness (QED) is 0.254. The van der Waals surface area contributed by atoms with Crippen LogP contribution in [0.3, 0.4) is 0 Å².